The molecule has 3 heterocycles. The molecule has 27 heavy (non-hydrogen) atoms. The first kappa shape index (κ1) is 20.0. The molecular weight excluding hydrogens is 392 g/mol. The van der Waals surface area contributed by atoms with Crippen molar-refractivity contribution in [3.8, 4) is 0 Å². The third kappa shape index (κ3) is 4.77. The van der Waals surface area contributed by atoms with E-state index in [1.807, 2.05) is 0 Å². The monoisotopic (exact) mass is 416 g/mol. The van der Waals surface area contributed by atoms with Crippen molar-refractivity contribution in [2.24, 2.45) is 5.92 Å². The van der Waals surface area contributed by atoms with E-state index in [9.17, 15) is 18.0 Å². The van der Waals surface area contributed by atoms with Crippen molar-refractivity contribution in [1.29, 1.82) is 0 Å². The highest BCUT2D eigenvalue weighted by molar-refractivity contribution is 7.88. The molecule has 2 aliphatic rings. The summed E-state index contributed by atoms with van der Waals surface area (Å²) in [5.74, 6) is -0.351. The van der Waals surface area contributed by atoms with Crippen LogP contribution < -0.4 is 5.32 Å². The summed E-state index contributed by atoms with van der Waals surface area (Å²) >= 11 is 1.37. The van der Waals surface area contributed by atoms with Crippen LogP contribution in [0.15, 0.2) is 0 Å². The van der Waals surface area contributed by atoms with E-state index in [0.29, 0.717) is 57.2 Å². The van der Waals surface area contributed by atoms with Gasteiger partial charge in [-0.05, 0) is 19.8 Å². The quantitative estimate of drug-likeness (QED) is 0.792. The fourth-order valence-electron chi connectivity index (χ4n) is 3.28. The van der Waals surface area contributed by atoms with Crippen LogP contribution in [0.4, 0.5) is 9.93 Å². The van der Waals surface area contributed by atoms with Crippen LogP contribution in [0.2, 0.25) is 0 Å². The van der Waals surface area contributed by atoms with Gasteiger partial charge >= 0.3 is 6.09 Å². The number of hydrogen-bond donors (Lipinski definition) is 1. The number of nitrogens with zero attached hydrogens (tertiary/aromatic N) is 3. The number of fused-ring (bicyclic) bond motifs is 1. The maximum Gasteiger partial charge on any atom is 0.410 e. The Labute approximate surface area is 162 Å². The van der Waals surface area contributed by atoms with Crippen molar-refractivity contribution in [3.05, 3.63) is 10.6 Å². The molecule has 0 bridgehead atoms. The lowest BCUT2D eigenvalue weighted by molar-refractivity contribution is -0.120. The molecule has 9 nitrogen and oxygen atoms in total. The van der Waals surface area contributed by atoms with Crippen molar-refractivity contribution in [2.45, 2.75) is 32.7 Å². The molecule has 1 N–H and O–H groups in total. The SMILES string of the molecule is CCOC(=O)N1CCc2nc(NC(=O)C3CCN(S(C)(=O)=O)CC3)sc2C1. The van der Waals surface area contributed by atoms with Gasteiger partial charge in [-0.1, -0.05) is 11.3 Å². The van der Waals surface area contributed by atoms with E-state index in [1.165, 1.54) is 21.9 Å². The van der Waals surface area contributed by atoms with Gasteiger partial charge in [-0.3, -0.25) is 4.79 Å². The molecule has 1 aromatic heterocycles. The second kappa shape index (κ2) is 8.11. The molecule has 11 heteroatoms. The smallest absolute Gasteiger partial charge is 0.410 e. The van der Waals surface area contributed by atoms with Gasteiger partial charge in [-0.15, -0.1) is 0 Å². The number of rotatable bonds is 4. The van der Waals surface area contributed by atoms with E-state index < -0.39 is 10.0 Å². The van der Waals surface area contributed by atoms with Crippen LogP contribution in [0, 0.1) is 5.92 Å². The molecule has 0 aromatic carbocycles. The predicted molar refractivity (Wildman–Crippen MR) is 101 cm³/mol. The Bertz CT molecular complexity index is 815. The number of aromatic nitrogens is 1. The molecule has 2 amide bonds. The molecule has 0 unspecified atom stereocenters. The van der Waals surface area contributed by atoms with E-state index in [1.54, 1.807) is 11.8 Å². The molecule has 0 atom stereocenters. The second-order valence-electron chi connectivity index (χ2n) is 6.68. The van der Waals surface area contributed by atoms with Gasteiger partial charge in [0.15, 0.2) is 5.13 Å². The largest absolute Gasteiger partial charge is 0.450 e. The Morgan fingerprint density at radius 1 is 1.30 bits per heavy atom. The molecule has 1 fully saturated rings. The number of hydrogen-bond acceptors (Lipinski definition) is 7. The minimum atomic E-state index is -3.20. The van der Waals surface area contributed by atoms with Gasteiger partial charge in [0.25, 0.3) is 0 Å². The zero-order chi connectivity index (χ0) is 19.6. The number of nitrogens with one attached hydrogen (secondary N) is 1. The van der Waals surface area contributed by atoms with Crippen molar-refractivity contribution in [2.75, 3.05) is 37.8 Å². The Morgan fingerprint density at radius 3 is 2.63 bits per heavy atom. The molecule has 150 valence electrons. The van der Waals surface area contributed by atoms with Gasteiger partial charge in [0.1, 0.15) is 0 Å². The number of carbonyl (C=O) groups is 2. The molecule has 0 aliphatic carbocycles. The number of thiazole rings is 1. The molecule has 0 saturated carbocycles. The van der Waals surface area contributed by atoms with Crippen LogP contribution in [-0.4, -0.2) is 67.1 Å². The van der Waals surface area contributed by atoms with E-state index >= 15 is 0 Å². The zero-order valence-corrected chi connectivity index (χ0v) is 17.1. The van der Waals surface area contributed by atoms with Gasteiger partial charge in [0, 0.05) is 36.9 Å². The molecule has 2 aliphatic heterocycles. The molecular formula is C16H24N4O5S2. The lowest BCUT2D eigenvalue weighted by Crippen LogP contribution is -2.40. The summed E-state index contributed by atoms with van der Waals surface area (Å²) in [4.78, 5) is 31.4. The molecule has 0 spiro atoms. The van der Waals surface area contributed by atoms with E-state index in [2.05, 4.69) is 10.3 Å². The lowest BCUT2D eigenvalue weighted by Gasteiger charge is -2.29. The summed E-state index contributed by atoms with van der Waals surface area (Å²) in [6.45, 7) is 3.82. The summed E-state index contributed by atoms with van der Waals surface area (Å²) in [5.41, 5.74) is 0.905. The summed E-state index contributed by atoms with van der Waals surface area (Å²) < 4.78 is 29.6. The summed E-state index contributed by atoms with van der Waals surface area (Å²) in [5, 5.41) is 3.39. The first-order valence-corrected chi connectivity index (χ1v) is 11.6. The molecule has 3 rings (SSSR count). The lowest BCUT2D eigenvalue weighted by atomic mass is 9.97. The van der Waals surface area contributed by atoms with Crippen LogP contribution >= 0.6 is 11.3 Å². The van der Waals surface area contributed by atoms with Crippen molar-refractivity contribution >= 4 is 38.5 Å². The average molecular weight is 417 g/mol. The molecule has 0 radical (unpaired) electrons. The number of ether oxygens (including phenoxy) is 1. The third-order valence-electron chi connectivity index (χ3n) is 4.78. The number of amides is 2. The van der Waals surface area contributed by atoms with Crippen LogP contribution in [0.1, 0.15) is 30.3 Å². The third-order valence-corrected chi connectivity index (χ3v) is 7.08. The van der Waals surface area contributed by atoms with Crippen molar-refractivity contribution in [3.63, 3.8) is 0 Å². The Balaban J connectivity index is 1.57. The predicted octanol–water partition coefficient (Wildman–Crippen LogP) is 1.27. The van der Waals surface area contributed by atoms with Gasteiger partial charge in [-0.25, -0.2) is 22.5 Å². The fraction of sp³-hybridized carbons (Fsp3) is 0.688. The van der Waals surface area contributed by atoms with Crippen LogP contribution in [0.25, 0.3) is 0 Å². The highest BCUT2D eigenvalue weighted by Crippen LogP contribution is 2.29. The fourth-order valence-corrected chi connectivity index (χ4v) is 5.18. The van der Waals surface area contributed by atoms with Crippen molar-refractivity contribution < 1.29 is 22.7 Å². The van der Waals surface area contributed by atoms with Gasteiger partial charge in [0.2, 0.25) is 15.9 Å². The Hall–Kier alpha value is -1.72. The van der Waals surface area contributed by atoms with Crippen molar-refractivity contribution in [1.82, 2.24) is 14.2 Å². The number of piperidine rings is 1. The van der Waals surface area contributed by atoms with E-state index in [-0.39, 0.29) is 17.9 Å². The summed E-state index contributed by atoms with van der Waals surface area (Å²) in [6, 6.07) is 0. The highest BCUT2D eigenvalue weighted by Gasteiger charge is 2.30. The molecule has 1 aromatic rings. The van der Waals surface area contributed by atoms with Crippen LogP contribution in [0.3, 0.4) is 0 Å². The maximum atomic E-state index is 12.5. The molecule has 1 saturated heterocycles. The highest BCUT2D eigenvalue weighted by atomic mass is 32.2. The first-order valence-electron chi connectivity index (χ1n) is 8.94. The maximum absolute atomic E-state index is 12.5. The van der Waals surface area contributed by atoms with Gasteiger partial charge in [0.05, 0.1) is 25.1 Å². The average Bonchev–Trinajstić information content (AvgIpc) is 3.02. The number of sulfonamides is 1. The van der Waals surface area contributed by atoms with Crippen LogP contribution in [-0.2, 0) is 32.5 Å². The second-order valence-corrected chi connectivity index (χ2v) is 9.75. The van der Waals surface area contributed by atoms with Gasteiger partial charge < -0.3 is 15.0 Å². The minimum absolute atomic E-state index is 0.128. The topological polar surface area (TPSA) is 109 Å². The zero-order valence-electron chi connectivity index (χ0n) is 15.4. The standard InChI is InChI=1S/C16H24N4O5S2/c1-3-25-16(22)19-7-6-12-13(10-19)26-15(17-12)18-14(21)11-4-8-20(9-5-11)27(2,23)24/h11H,3-10H2,1-2H3,(H,17,18,21). The summed E-state index contributed by atoms with van der Waals surface area (Å²) in [7, 11) is -3.20. The number of anilines is 1. The minimum Gasteiger partial charge on any atom is -0.450 e. The number of carbonyl (C=O) groups excluding carboxylic acids is 2. The Kier molecular flexibility index (Phi) is 6.02. The first-order chi connectivity index (χ1) is 12.8. The van der Waals surface area contributed by atoms with E-state index in [4.69, 9.17) is 4.74 Å². The van der Waals surface area contributed by atoms with Gasteiger partial charge in [-0.2, -0.15) is 0 Å². The summed E-state index contributed by atoms with van der Waals surface area (Å²) in [6.07, 6.45) is 2.49. The van der Waals surface area contributed by atoms with Crippen LogP contribution in [0.5, 0.6) is 0 Å². The van der Waals surface area contributed by atoms with E-state index in [0.717, 1.165) is 10.6 Å². The normalized spacial score (nSPS) is 18.8. The Morgan fingerprint density at radius 2 is 2.00 bits per heavy atom.